The Bertz CT molecular complexity index is 418. The number of hydrogen-bond acceptors (Lipinski definition) is 3. The highest BCUT2D eigenvalue weighted by atomic mass is 16.5. The molecule has 0 fully saturated rings. The number of esters is 1. The largest absolute Gasteiger partial charge is 0.463 e. The monoisotopic (exact) mass is 280 g/mol. The van der Waals surface area contributed by atoms with Crippen LogP contribution in [0.3, 0.4) is 0 Å². The lowest BCUT2D eigenvalue weighted by Gasteiger charge is -2.39. The number of rotatable bonds is 5. The molecule has 1 aliphatic carbocycles. The Labute approximate surface area is 122 Å². The van der Waals surface area contributed by atoms with Gasteiger partial charge in [-0.3, -0.25) is 0 Å². The van der Waals surface area contributed by atoms with Crippen molar-refractivity contribution in [1.82, 2.24) is 0 Å². The maximum Gasteiger partial charge on any atom is 0.330 e. The Balaban J connectivity index is 2.93. The third-order valence-electron chi connectivity index (χ3n) is 3.90. The van der Waals surface area contributed by atoms with E-state index in [0.717, 1.165) is 30.4 Å². The first-order valence-corrected chi connectivity index (χ1v) is 7.56. The molecule has 0 aromatic carbocycles. The standard InChI is InChI=1S/C17H28O3/c1-6-20-15(18)10-13(4)11-17(19)9-7-8-14(5)16(17)12(2)3/h10,12,19H,6-9,11H2,1-5H3/b13-10-. The summed E-state index contributed by atoms with van der Waals surface area (Å²) in [5, 5.41) is 11.0. The Morgan fingerprint density at radius 1 is 1.50 bits per heavy atom. The van der Waals surface area contributed by atoms with Crippen LogP contribution in [0.5, 0.6) is 0 Å². The van der Waals surface area contributed by atoms with Crippen LogP contribution in [0.2, 0.25) is 0 Å². The molecule has 1 aliphatic rings. The Hall–Kier alpha value is -1.09. The zero-order valence-corrected chi connectivity index (χ0v) is 13.5. The van der Waals surface area contributed by atoms with Gasteiger partial charge in [-0.2, -0.15) is 0 Å². The van der Waals surface area contributed by atoms with Crippen LogP contribution < -0.4 is 0 Å². The molecule has 0 aromatic heterocycles. The van der Waals surface area contributed by atoms with Crippen LogP contribution in [0.4, 0.5) is 0 Å². The quantitative estimate of drug-likeness (QED) is 0.473. The van der Waals surface area contributed by atoms with Gasteiger partial charge in [0, 0.05) is 12.5 Å². The molecule has 114 valence electrons. The van der Waals surface area contributed by atoms with Gasteiger partial charge in [0.25, 0.3) is 0 Å². The van der Waals surface area contributed by atoms with Crippen molar-refractivity contribution in [2.24, 2.45) is 5.92 Å². The minimum absolute atomic E-state index is 0.323. The van der Waals surface area contributed by atoms with Crippen LogP contribution in [0, 0.1) is 5.92 Å². The number of carbonyl (C=O) groups is 1. The molecule has 0 aromatic rings. The molecule has 1 N–H and O–H groups in total. The summed E-state index contributed by atoms with van der Waals surface area (Å²) >= 11 is 0. The zero-order valence-electron chi connectivity index (χ0n) is 13.5. The van der Waals surface area contributed by atoms with Crippen molar-refractivity contribution in [3.05, 3.63) is 22.8 Å². The lowest BCUT2D eigenvalue weighted by molar-refractivity contribution is -0.137. The van der Waals surface area contributed by atoms with Crippen LogP contribution in [-0.2, 0) is 9.53 Å². The SMILES string of the molecule is CCOC(=O)/C=C(/C)CC1(O)CCCC(C)=C1C(C)C. The van der Waals surface area contributed by atoms with Crippen molar-refractivity contribution in [3.63, 3.8) is 0 Å². The van der Waals surface area contributed by atoms with Gasteiger partial charge in [0.1, 0.15) is 0 Å². The molecule has 0 saturated heterocycles. The average molecular weight is 280 g/mol. The molecule has 1 rings (SSSR count). The van der Waals surface area contributed by atoms with E-state index in [1.54, 1.807) is 6.92 Å². The first-order chi connectivity index (χ1) is 9.30. The molecular weight excluding hydrogens is 252 g/mol. The summed E-state index contributed by atoms with van der Waals surface area (Å²) in [5.41, 5.74) is 2.53. The smallest absolute Gasteiger partial charge is 0.330 e. The molecule has 0 spiro atoms. The highest BCUT2D eigenvalue weighted by molar-refractivity contribution is 5.82. The van der Waals surface area contributed by atoms with E-state index in [1.807, 2.05) is 6.92 Å². The second-order valence-electron chi connectivity index (χ2n) is 6.15. The summed E-state index contributed by atoms with van der Waals surface area (Å²) in [7, 11) is 0. The second-order valence-corrected chi connectivity index (χ2v) is 6.15. The Morgan fingerprint density at radius 2 is 2.15 bits per heavy atom. The van der Waals surface area contributed by atoms with E-state index < -0.39 is 5.60 Å². The second kappa shape index (κ2) is 7.07. The van der Waals surface area contributed by atoms with Gasteiger partial charge in [0.15, 0.2) is 0 Å². The maximum absolute atomic E-state index is 11.5. The van der Waals surface area contributed by atoms with Gasteiger partial charge in [-0.1, -0.05) is 25.0 Å². The van der Waals surface area contributed by atoms with Crippen molar-refractivity contribution < 1.29 is 14.6 Å². The minimum Gasteiger partial charge on any atom is -0.463 e. The molecule has 0 bridgehead atoms. The highest BCUT2D eigenvalue weighted by Gasteiger charge is 2.36. The van der Waals surface area contributed by atoms with Crippen molar-refractivity contribution >= 4 is 5.97 Å². The Morgan fingerprint density at radius 3 is 2.70 bits per heavy atom. The van der Waals surface area contributed by atoms with Gasteiger partial charge in [-0.15, -0.1) is 0 Å². The summed E-state index contributed by atoms with van der Waals surface area (Å²) < 4.78 is 4.92. The maximum atomic E-state index is 11.5. The lowest BCUT2D eigenvalue weighted by atomic mass is 9.72. The van der Waals surface area contributed by atoms with E-state index in [1.165, 1.54) is 11.6 Å². The van der Waals surface area contributed by atoms with E-state index in [9.17, 15) is 9.90 Å². The van der Waals surface area contributed by atoms with Crippen molar-refractivity contribution in [1.29, 1.82) is 0 Å². The summed E-state index contributed by atoms with van der Waals surface area (Å²) in [6, 6.07) is 0. The van der Waals surface area contributed by atoms with Crippen LogP contribution in [0.15, 0.2) is 22.8 Å². The van der Waals surface area contributed by atoms with Gasteiger partial charge in [0.2, 0.25) is 0 Å². The lowest BCUT2D eigenvalue weighted by Crippen LogP contribution is -2.37. The summed E-state index contributed by atoms with van der Waals surface area (Å²) in [4.78, 5) is 11.5. The molecule has 0 aliphatic heterocycles. The molecule has 3 heteroatoms. The number of allylic oxidation sites excluding steroid dienone is 1. The minimum atomic E-state index is -0.802. The van der Waals surface area contributed by atoms with E-state index in [0.29, 0.717) is 18.9 Å². The van der Waals surface area contributed by atoms with E-state index in [2.05, 4.69) is 20.8 Å². The normalized spacial score (nSPS) is 24.2. The predicted octanol–water partition coefficient (Wildman–Crippen LogP) is 3.77. The van der Waals surface area contributed by atoms with Gasteiger partial charge < -0.3 is 9.84 Å². The summed E-state index contributed by atoms with van der Waals surface area (Å²) in [5.74, 6) is 0.00639. The highest BCUT2D eigenvalue weighted by Crippen LogP contribution is 2.41. The van der Waals surface area contributed by atoms with Crippen LogP contribution in [0.25, 0.3) is 0 Å². The molecule has 0 amide bonds. The molecule has 0 saturated carbocycles. The molecule has 3 nitrogen and oxygen atoms in total. The average Bonchev–Trinajstić information content (AvgIpc) is 2.26. The number of aliphatic hydroxyl groups is 1. The van der Waals surface area contributed by atoms with Gasteiger partial charge >= 0.3 is 5.97 Å². The van der Waals surface area contributed by atoms with E-state index in [-0.39, 0.29) is 5.97 Å². The first kappa shape index (κ1) is 17.0. The van der Waals surface area contributed by atoms with Crippen molar-refractivity contribution in [3.8, 4) is 0 Å². The number of carbonyl (C=O) groups excluding carboxylic acids is 1. The third kappa shape index (κ3) is 4.20. The van der Waals surface area contributed by atoms with Gasteiger partial charge in [-0.25, -0.2) is 4.79 Å². The predicted molar refractivity (Wildman–Crippen MR) is 81.3 cm³/mol. The topological polar surface area (TPSA) is 46.5 Å². The van der Waals surface area contributed by atoms with Crippen LogP contribution >= 0.6 is 0 Å². The van der Waals surface area contributed by atoms with E-state index >= 15 is 0 Å². The summed E-state index contributed by atoms with van der Waals surface area (Å²) in [6.45, 7) is 10.4. The fraction of sp³-hybridized carbons (Fsp3) is 0.706. The zero-order chi connectivity index (χ0) is 15.3. The molecule has 0 heterocycles. The van der Waals surface area contributed by atoms with Crippen molar-refractivity contribution in [2.45, 2.75) is 65.9 Å². The number of ether oxygens (including phenoxy) is 1. The van der Waals surface area contributed by atoms with Crippen LogP contribution in [0.1, 0.15) is 60.3 Å². The van der Waals surface area contributed by atoms with Crippen molar-refractivity contribution in [2.75, 3.05) is 6.61 Å². The number of hydrogen-bond donors (Lipinski definition) is 1. The molecule has 1 atom stereocenters. The Kier molecular flexibility index (Phi) is 6.00. The fourth-order valence-electron chi connectivity index (χ4n) is 3.42. The molecular formula is C17H28O3. The van der Waals surface area contributed by atoms with Crippen LogP contribution in [-0.4, -0.2) is 23.3 Å². The first-order valence-electron chi connectivity index (χ1n) is 7.56. The fourth-order valence-corrected chi connectivity index (χ4v) is 3.42. The van der Waals surface area contributed by atoms with Gasteiger partial charge in [-0.05, 0) is 51.5 Å². The molecule has 0 radical (unpaired) electrons. The van der Waals surface area contributed by atoms with Gasteiger partial charge in [0.05, 0.1) is 12.2 Å². The van der Waals surface area contributed by atoms with E-state index in [4.69, 9.17) is 4.74 Å². The molecule has 20 heavy (non-hydrogen) atoms. The summed E-state index contributed by atoms with van der Waals surface area (Å²) in [6.07, 6.45) is 4.85. The molecule has 1 unspecified atom stereocenters. The third-order valence-corrected chi connectivity index (χ3v) is 3.90.